The van der Waals surface area contributed by atoms with E-state index in [9.17, 15) is 19.5 Å². The number of aryl methyl sites for hydroxylation is 1. The quantitative estimate of drug-likeness (QED) is 0.538. The number of hydrogen-bond acceptors (Lipinski definition) is 5. The second-order valence-electron chi connectivity index (χ2n) is 7.06. The maximum absolute atomic E-state index is 12.8. The predicted octanol–water partition coefficient (Wildman–Crippen LogP) is 1.56. The first kappa shape index (κ1) is 21.1. The number of rotatable bonds is 11. The molecule has 0 bridgehead atoms. The van der Waals surface area contributed by atoms with Crippen molar-refractivity contribution in [1.82, 2.24) is 10.2 Å². The van der Waals surface area contributed by atoms with Crippen LogP contribution in [0.5, 0.6) is 0 Å². The Morgan fingerprint density at radius 1 is 1.11 bits per heavy atom. The fourth-order valence-electron chi connectivity index (χ4n) is 3.53. The van der Waals surface area contributed by atoms with Gasteiger partial charge in [0.2, 0.25) is 0 Å². The monoisotopic (exact) mass is 376 g/mol. The molecule has 3 N–H and O–H groups in total. The van der Waals surface area contributed by atoms with E-state index in [0.717, 1.165) is 18.4 Å². The van der Waals surface area contributed by atoms with Gasteiger partial charge in [-0.3, -0.25) is 24.6 Å². The van der Waals surface area contributed by atoms with E-state index < -0.39 is 30.1 Å². The van der Waals surface area contributed by atoms with E-state index in [4.69, 9.17) is 5.11 Å². The summed E-state index contributed by atoms with van der Waals surface area (Å²) in [5.41, 5.74) is 1.03. The normalized spacial score (nSPS) is 18.0. The summed E-state index contributed by atoms with van der Waals surface area (Å²) in [6.45, 7) is 3.02. The van der Waals surface area contributed by atoms with Crippen LogP contribution in [0.3, 0.4) is 0 Å². The molecule has 7 heteroatoms. The Bertz CT molecular complexity index is 643. The highest BCUT2D eigenvalue weighted by molar-refractivity contribution is 5.92. The van der Waals surface area contributed by atoms with E-state index in [-0.39, 0.29) is 12.2 Å². The van der Waals surface area contributed by atoms with Gasteiger partial charge in [0.05, 0.1) is 18.5 Å². The molecule has 0 aromatic heterocycles. The molecular formula is C20H28N2O5. The highest BCUT2D eigenvalue weighted by Crippen LogP contribution is 2.17. The van der Waals surface area contributed by atoms with E-state index in [0.29, 0.717) is 25.9 Å². The molecule has 3 atom stereocenters. The number of benzene rings is 1. The third kappa shape index (κ3) is 6.45. The molecule has 148 valence electrons. The molecule has 1 aromatic rings. The summed E-state index contributed by atoms with van der Waals surface area (Å²) in [7, 11) is 0. The molecule has 1 saturated heterocycles. The minimum absolute atomic E-state index is 0.257. The lowest BCUT2D eigenvalue weighted by atomic mass is 9.99. The van der Waals surface area contributed by atoms with Gasteiger partial charge >= 0.3 is 11.9 Å². The number of aliphatic carboxylic acids is 2. The fraction of sp³-hybridized carbons (Fsp3) is 0.550. The number of ketones is 1. The molecule has 1 aliphatic heterocycles. The topological polar surface area (TPSA) is 107 Å². The zero-order valence-electron chi connectivity index (χ0n) is 15.6. The molecule has 1 fully saturated rings. The molecule has 0 spiro atoms. The van der Waals surface area contributed by atoms with Crippen molar-refractivity contribution in [2.45, 2.75) is 57.2 Å². The molecule has 0 aliphatic carbocycles. The molecule has 27 heavy (non-hydrogen) atoms. The molecular weight excluding hydrogens is 348 g/mol. The number of likely N-dealkylation sites (tertiary alicyclic amines) is 1. The maximum atomic E-state index is 12.8. The van der Waals surface area contributed by atoms with Crippen molar-refractivity contribution in [1.29, 1.82) is 0 Å². The number of carboxylic acid groups (broad SMARTS) is 2. The Hall–Kier alpha value is -2.25. The van der Waals surface area contributed by atoms with Crippen molar-refractivity contribution in [3.8, 4) is 0 Å². The minimum Gasteiger partial charge on any atom is -0.481 e. The van der Waals surface area contributed by atoms with Gasteiger partial charge in [0.25, 0.3) is 0 Å². The Morgan fingerprint density at radius 3 is 2.30 bits per heavy atom. The van der Waals surface area contributed by atoms with Crippen LogP contribution in [0.2, 0.25) is 0 Å². The van der Waals surface area contributed by atoms with Crippen molar-refractivity contribution in [2.75, 3.05) is 13.1 Å². The molecule has 1 aromatic carbocycles. The van der Waals surface area contributed by atoms with Gasteiger partial charge < -0.3 is 10.2 Å². The maximum Gasteiger partial charge on any atom is 0.320 e. The lowest BCUT2D eigenvalue weighted by Gasteiger charge is -2.29. The summed E-state index contributed by atoms with van der Waals surface area (Å²) < 4.78 is 0. The molecule has 0 radical (unpaired) electrons. The van der Waals surface area contributed by atoms with Crippen LogP contribution in [-0.2, 0) is 20.8 Å². The fourth-order valence-corrected chi connectivity index (χ4v) is 3.53. The summed E-state index contributed by atoms with van der Waals surface area (Å²) in [4.78, 5) is 37.5. The third-order valence-electron chi connectivity index (χ3n) is 5.02. The van der Waals surface area contributed by atoms with Crippen LogP contribution in [0.15, 0.2) is 30.3 Å². The van der Waals surface area contributed by atoms with Crippen molar-refractivity contribution >= 4 is 17.7 Å². The summed E-state index contributed by atoms with van der Waals surface area (Å²) >= 11 is 0. The number of carbonyl (C=O) groups excluding carboxylic acids is 1. The second kappa shape index (κ2) is 10.2. The zero-order chi connectivity index (χ0) is 19.8. The number of carbonyl (C=O) groups is 3. The van der Waals surface area contributed by atoms with Crippen LogP contribution in [0.1, 0.15) is 38.2 Å². The lowest BCUT2D eigenvalue weighted by molar-refractivity contribution is -0.143. The molecule has 2 rings (SSSR count). The van der Waals surface area contributed by atoms with Gasteiger partial charge in [-0.25, -0.2) is 0 Å². The van der Waals surface area contributed by atoms with Crippen molar-refractivity contribution in [3.63, 3.8) is 0 Å². The first-order valence-corrected chi connectivity index (χ1v) is 9.41. The van der Waals surface area contributed by atoms with Crippen LogP contribution in [-0.4, -0.2) is 64.0 Å². The van der Waals surface area contributed by atoms with Crippen molar-refractivity contribution in [2.24, 2.45) is 0 Å². The minimum atomic E-state index is -1.02. The first-order chi connectivity index (χ1) is 12.9. The molecule has 0 amide bonds. The largest absolute Gasteiger partial charge is 0.481 e. The number of nitrogens with zero attached hydrogens (tertiary/aromatic N) is 1. The highest BCUT2D eigenvalue weighted by atomic mass is 16.4. The molecule has 1 aliphatic rings. The third-order valence-corrected chi connectivity index (χ3v) is 5.02. The number of nitrogens with one attached hydrogen (secondary N) is 1. The van der Waals surface area contributed by atoms with E-state index in [1.54, 1.807) is 6.92 Å². The zero-order valence-corrected chi connectivity index (χ0v) is 15.6. The van der Waals surface area contributed by atoms with Crippen molar-refractivity contribution < 1.29 is 24.6 Å². The molecule has 0 unspecified atom stereocenters. The smallest absolute Gasteiger partial charge is 0.320 e. The van der Waals surface area contributed by atoms with E-state index in [2.05, 4.69) is 5.32 Å². The number of Topliss-reactive ketones (excluding diaryl/α,β-unsaturated/α-hetero) is 1. The number of carboxylic acids is 2. The summed E-state index contributed by atoms with van der Waals surface area (Å²) in [5.74, 6) is -2.29. The Labute approximate surface area is 159 Å². The molecule has 0 saturated carbocycles. The Kier molecular flexibility index (Phi) is 7.94. The summed E-state index contributed by atoms with van der Waals surface area (Å²) in [6.07, 6.45) is 2.56. The average molecular weight is 376 g/mol. The average Bonchev–Trinajstić information content (AvgIpc) is 3.17. The van der Waals surface area contributed by atoms with E-state index >= 15 is 0 Å². The van der Waals surface area contributed by atoms with Gasteiger partial charge in [0, 0.05) is 0 Å². The van der Waals surface area contributed by atoms with Crippen LogP contribution < -0.4 is 5.32 Å². The van der Waals surface area contributed by atoms with Crippen LogP contribution >= 0.6 is 0 Å². The van der Waals surface area contributed by atoms with Gasteiger partial charge in [-0.05, 0) is 51.3 Å². The van der Waals surface area contributed by atoms with Crippen molar-refractivity contribution in [3.05, 3.63) is 35.9 Å². The van der Waals surface area contributed by atoms with Gasteiger partial charge in [-0.1, -0.05) is 30.3 Å². The standard InChI is InChI=1S/C20H28N2O5/c1-14(19(25)17(13-18(23)24)22-11-5-6-12-22)21-16(20(26)27)10-9-15-7-3-2-4-8-15/h2-4,7-8,14,16-17,21H,5-6,9-13H2,1H3,(H,23,24)(H,26,27)/t14-,16-,17-/m0/s1. The van der Waals surface area contributed by atoms with Crippen LogP contribution in [0, 0.1) is 0 Å². The van der Waals surface area contributed by atoms with Crippen LogP contribution in [0.25, 0.3) is 0 Å². The second-order valence-corrected chi connectivity index (χ2v) is 7.06. The summed E-state index contributed by atoms with van der Waals surface area (Å²) in [5, 5.41) is 21.6. The van der Waals surface area contributed by atoms with Crippen LogP contribution in [0.4, 0.5) is 0 Å². The SMILES string of the molecule is C[C@H](N[C@@H](CCc1ccccc1)C(=O)O)C(=O)[C@H](CC(=O)O)N1CCCC1. The first-order valence-electron chi connectivity index (χ1n) is 9.41. The van der Waals surface area contributed by atoms with Gasteiger partial charge in [0.15, 0.2) is 5.78 Å². The summed E-state index contributed by atoms with van der Waals surface area (Å²) in [6, 6.07) is 7.26. The van der Waals surface area contributed by atoms with Gasteiger partial charge in [0.1, 0.15) is 6.04 Å². The van der Waals surface area contributed by atoms with E-state index in [1.165, 1.54) is 0 Å². The lowest BCUT2D eigenvalue weighted by Crippen LogP contribution is -2.52. The molecule has 7 nitrogen and oxygen atoms in total. The number of hydrogen-bond donors (Lipinski definition) is 3. The molecule has 1 heterocycles. The Morgan fingerprint density at radius 2 is 1.74 bits per heavy atom. The highest BCUT2D eigenvalue weighted by Gasteiger charge is 2.34. The predicted molar refractivity (Wildman–Crippen MR) is 101 cm³/mol. The van der Waals surface area contributed by atoms with E-state index in [1.807, 2.05) is 35.2 Å². The Balaban J connectivity index is 1.99. The van der Waals surface area contributed by atoms with Gasteiger partial charge in [-0.2, -0.15) is 0 Å². The van der Waals surface area contributed by atoms with Gasteiger partial charge in [-0.15, -0.1) is 0 Å².